The van der Waals surface area contributed by atoms with Gasteiger partial charge in [0.1, 0.15) is 0 Å². The van der Waals surface area contributed by atoms with Crippen molar-refractivity contribution in [1.29, 1.82) is 0 Å². The van der Waals surface area contributed by atoms with E-state index in [1.54, 1.807) is 12.1 Å². The molecule has 1 saturated heterocycles. The Labute approximate surface area is 166 Å². The first-order chi connectivity index (χ1) is 13.4. The van der Waals surface area contributed by atoms with Gasteiger partial charge in [-0.05, 0) is 68.5 Å². The second-order valence-corrected chi connectivity index (χ2v) is 7.33. The van der Waals surface area contributed by atoms with Gasteiger partial charge in [-0.25, -0.2) is 0 Å². The molecule has 146 valence electrons. The van der Waals surface area contributed by atoms with Gasteiger partial charge in [0.2, 0.25) is 11.8 Å². The van der Waals surface area contributed by atoms with E-state index in [9.17, 15) is 9.59 Å². The Kier molecular flexibility index (Phi) is 6.14. The minimum Gasteiger partial charge on any atom is -0.370 e. The molecule has 2 aromatic carbocycles. The number of piperidine rings is 1. The Hall–Kier alpha value is -3.08. The molecule has 2 aromatic rings. The van der Waals surface area contributed by atoms with E-state index in [0.29, 0.717) is 11.3 Å². The Morgan fingerprint density at radius 1 is 1.04 bits per heavy atom. The first kappa shape index (κ1) is 19.7. The van der Waals surface area contributed by atoms with Crippen LogP contribution in [0.25, 0.3) is 6.08 Å². The van der Waals surface area contributed by atoms with Gasteiger partial charge < -0.3 is 16.0 Å². The van der Waals surface area contributed by atoms with Crippen LogP contribution < -0.4 is 16.0 Å². The minimum absolute atomic E-state index is 0.236. The number of nitrogens with two attached hydrogens (primary N) is 1. The van der Waals surface area contributed by atoms with Gasteiger partial charge >= 0.3 is 0 Å². The molecule has 0 aromatic heterocycles. The van der Waals surface area contributed by atoms with Crippen molar-refractivity contribution in [2.45, 2.75) is 33.1 Å². The van der Waals surface area contributed by atoms with Gasteiger partial charge in [0.15, 0.2) is 0 Å². The predicted molar refractivity (Wildman–Crippen MR) is 115 cm³/mol. The van der Waals surface area contributed by atoms with Crippen LogP contribution in [0.5, 0.6) is 0 Å². The molecule has 1 aliphatic rings. The lowest BCUT2D eigenvalue weighted by Crippen LogP contribution is -2.30. The fourth-order valence-corrected chi connectivity index (χ4v) is 3.55. The van der Waals surface area contributed by atoms with E-state index in [1.165, 1.54) is 18.1 Å². The second-order valence-electron chi connectivity index (χ2n) is 7.33. The van der Waals surface area contributed by atoms with Gasteiger partial charge in [-0.15, -0.1) is 0 Å². The third kappa shape index (κ3) is 4.80. The molecule has 0 atom stereocenters. The van der Waals surface area contributed by atoms with Gasteiger partial charge in [0.05, 0.1) is 11.4 Å². The van der Waals surface area contributed by atoms with Crippen molar-refractivity contribution in [3.05, 3.63) is 64.7 Å². The summed E-state index contributed by atoms with van der Waals surface area (Å²) >= 11 is 0. The number of carbonyl (C=O) groups is 2. The van der Waals surface area contributed by atoms with Crippen LogP contribution in [-0.4, -0.2) is 24.9 Å². The number of anilines is 2. The molecule has 2 amide bonds. The Bertz CT molecular complexity index is 912. The zero-order valence-electron chi connectivity index (χ0n) is 16.5. The van der Waals surface area contributed by atoms with Gasteiger partial charge in [-0.2, -0.15) is 0 Å². The van der Waals surface area contributed by atoms with Gasteiger partial charge in [0, 0.05) is 24.7 Å². The molecule has 5 heteroatoms. The van der Waals surface area contributed by atoms with E-state index in [-0.39, 0.29) is 5.91 Å². The molecule has 0 aliphatic carbocycles. The Balaban J connectivity index is 1.82. The second kappa shape index (κ2) is 8.74. The molecule has 1 aliphatic heterocycles. The molecule has 5 nitrogen and oxygen atoms in total. The quantitative estimate of drug-likeness (QED) is 0.772. The molecule has 0 spiro atoms. The summed E-state index contributed by atoms with van der Waals surface area (Å²) in [4.78, 5) is 26.4. The molecule has 28 heavy (non-hydrogen) atoms. The van der Waals surface area contributed by atoms with Gasteiger partial charge in [0.25, 0.3) is 0 Å². The zero-order chi connectivity index (χ0) is 20.1. The summed E-state index contributed by atoms with van der Waals surface area (Å²) in [5.74, 6) is -0.744. The zero-order valence-corrected chi connectivity index (χ0v) is 16.5. The summed E-state index contributed by atoms with van der Waals surface area (Å²) < 4.78 is 0. The van der Waals surface area contributed by atoms with Crippen molar-refractivity contribution in [3.63, 3.8) is 0 Å². The van der Waals surface area contributed by atoms with Crippen molar-refractivity contribution >= 4 is 29.3 Å². The number of rotatable bonds is 5. The first-order valence-electron chi connectivity index (χ1n) is 9.69. The van der Waals surface area contributed by atoms with E-state index >= 15 is 0 Å². The van der Waals surface area contributed by atoms with E-state index in [0.717, 1.165) is 42.7 Å². The van der Waals surface area contributed by atoms with E-state index in [1.807, 2.05) is 38.1 Å². The summed E-state index contributed by atoms with van der Waals surface area (Å²) in [6, 6.07) is 11.4. The van der Waals surface area contributed by atoms with Crippen LogP contribution in [0.2, 0.25) is 0 Å². The maximum Gasteiger partial charge on any atom is 0.248 e. The summed E-state index contributed by atoms with van der Waals surface area (Å²) in [6.45, 7) is 5.95. The number of aryl methyl sites for hydroxylation is 2. The van der Waals surface area contributed by atoms with E-state index in [2.05, 4.69) is 16.3 Å². The Morgan fingerprint density at radius 3 is 2.46 bits per heavy atom. The summed E-state index contributed by atoms with van der Waals surface area (Å²) in [5.41, 5.74) is 10.7. The van der Waals surface area contributed by atoms with E-state index in [4.69, 9.17) is 5.73 Å². The molecular weight excluding hydrogens is 350 g/mol. The molecule has 0 bridgehead atoms. The number of carbonyl (C=O) groups excluding carboxylic acids is 2. The lowest BCUT2D eigenvalue weighted by atomic mass is 10.1. The van der Waals surface area contributed by atoms with Crippen LogP contribution in [-0.2, 0) is 4.79 Å². The summed E-state index contributed by atoms with van der Waals surface area (Å²) in [7, 11) is 0. The van der Waals surface area contributed by atoms with Gasteiger partial charge in [-0.1, -0.05) is 23.8 Å². The normalized spacial score (nSPS) is 14.3. The van der Waals surface area contributed by atoms with E-state index < -0.39 is 5.91 Å². The number of nitrogens with one attached hydrogen (secondary N) is 1. The van der Waals surface area contributed by atoms with Gasteiger partial charge in [-0.3, -0.25) is 9.59 Å². The average molecular weight is 377 g/mol. The number of nitrogens with zero attached hydrogens (tertiary/aromatic N) is 1. The first-order valence-corrected chi connectivity index (χ1v) is 9.69. The highest BCUT2D eigenvalue weighted by molar-refractivity contribution is 6.05. The highest BCUT2D eigenvalue weighted by atomic mass is 16.1. The fourth-order valence-electron chi connectivity index (χ4n) is 3.55. The number of benzene rings is 2. The molecule has 3 N–H and O–H groups in total. The maximum atomic E-state index is 12.5. The van der Waals surface area contributed by atoms with Crippen molar-refractivity contribution < 1.29 is 9.59 Å². The monoisotopic (exact) mass is 377 g/mol. The number of amides is 2. The maximum absolute atomic E-state index is 12.5. The van der Waals surface area contributed by atoms with Crippen LogP contribution in [0.4, 0.5) is 11.4 Å². The molecule has 1 heterocycles. The highest BCUT2D eigenvalue weighted by Crippen LogP contribution is 2.29. The third-order valence-electron chi connectivity index (χ3n) is 5.08. The van der Waals surface area contributed by atoms with Crippen LogP contribution in [0.3, 0.4) is 0 Å². The smallest absolute Gasteiger partial charge is 0.248 e. The standard InChI is InChI=1S/C23H27N3O2/c1-16-6-7-18(17(2)14-16)9-11-22(27)25-20-15-19(23(24)28)8-10-21(20)26-12-4-3-5-13-26/h6-11,14-15H,3-5,12-13H2,1-2H3,(H2,24,28)(H,25,27)/b11-9+. The number of primary amides is 1. The number of hydrogen-bond donors (Lipinski definition) is 2. The molecule has 3 rings (SSSR count). The summed E-state index contributed by atoms with van der Waals surface area (Å²) in [6.07, 6.45) is 6.79. The molecule has 0 saturated carbocycles. The number of hydrogen-bond acceptors (Lipinski definition) is 3. The van der Waals surface area contributed by atoms with Crippen molar-refractivity contribution in [3.8, 4) is 0 Å². The fraction of sp³-hybridized carbons (Fsp3) is 0.304. The lowest BCUT2D eigenvalue weighted by Gasteiger charge is -2.30. The average Bonchev–Trinajstić information content (AvgIpc) is 2.68. The lowest BCUT2D eigenvalue weighted by molar-refractivity contribution is -0.111. The van der Waals surface area contributed by atoms with Crippen molar-refractivity contribution in [1.82, 2.24) is 0 Å². The van der Waals surface area contributed by atoms with Crippen LogP contribution in [0, 0.1) is 13.8 Å². The molecule has 0 unspecified atom stereocenters. The molecular formula is C23H27N3O2. The largest absolute Gasteiger partial charge is 0.370 e. The molecule has 1 fully saturated rings. The Morgan fingerprint density at radius 2 is 1.79 bits per heavy atom. The third-order valence-corrected chi connectivity index (χ3v) is 5.08. The minimum atomic E-state index is -0.508. The highest BCUT2D eigenvalue weighted by Gasteiger charge is 2.17. The SMILES string of the molecule is Cc1ccc(/C=C/C(=O)Nc2cc(C(N)=O)ccc2N2CCCCC2)c(C)c1. The topological polar surface area (TPSA) is 75.4 Å². The summed E-state index contributed by atoms with van der Waals surface area (Å²) in [5, 5.41) is 2.93. The van der Waals surface area contributed by atoms with Crippen molar-refractivity contribution in [2.24, 2.45) is 5.73 Å². The molecule has 0 radical (unpaired) electrons. The van der Waals surface area contributed by atoms with Crippen molar-refractivity contribution in [2.75, 3.05) is 23.3 Å². The van der Waals surface area contributed by atoms with Crippen LogP contribution in [0.1, 0.15) is 46.3 Å². The predicted octanol–water partition coefficient (Wildman–Crippen LogP) is 4.04. The van der Waals surface area contributed by atoms with Crippen LogP contribution >= 0.6 is 0 Å². The van der Waals surface area contributed by atoms with Crippen LogP contribution in [0.15, 0.2) is 42.5 Å².